The average molecular weight is 395 g/mol. The maximum absolute atomic E-state index is 3.72. The van der Waals surface area contributed by atoms with E-state index in [1.807, 2.05) is 11.3 Å². The standard InChI is InChI=1S/C14H21Br2NS/c1-2-7-17-12(8-10-5-3-4-6-10)13-9-11(15)14(16)18-13/h9-10,12,17H,2-8H2,1H3. The molecule has 0 bridgehead atoms. The summed E-state index contributed by atoms with van der Waals surface area (Å²) in [4.78, 5) is 1.47. The van der Waals surface area contributed by atoms with Crippen molar-refractivity contribution in [3.05, 3.63) is 19.2 Å². The van der Waals surface area contributed by atoms with Gasteiger partial charge in [-0.1, -0.05) is 32.6 Å². The summed E-state index contributed by atoms with van der Waals surface area (Å²) >= 11 is 9.07. The molecular weight excluding hydrogens is 374 g/mol. The Morgan fingerprint density at radius 2 is 2.11 bits per heavy atom. The van der Waals surface area contributed by atoms with Gasteiger partial charge in [0.05, 0.1) is 3.79 Å². The van der Waals surface area contributed by atoms with E-state index in [1.54, 1.807) is 0 Å². The second-order valence-corrected chi connectivity index (χ2v) is 8.42. The quantitative estimate of drug-likeness (QED) is 0.633. The minimum atomic E-state index is 0.542. The summed E-state index contributed by atoms with van der Waals surface area (Å²) in [5, 5.41) is 3.72. The summed E-state index contributed by atoms with van der Waals surface area (Å²) < 4.78 is 2.41. The van der Waals surface area contributed by atoms with Crippen molar-refractivity contribution in [2.24, 2.45) is 5.92 Å². The minimum Gasteiger partial charge on any atom is -0.309 e. The minimum absolute atomic E-state index is 0.542. The topological polar surface area (TPSA) is 12.0 Å². The molecule has 0 spiro atoms. The number of hydrogen-bond acceptors (Lipinski definition) is 2. The normalized spacial score (nSPS) is 18.4. The SMILES string of the molecule is CCCNC(CC1CCCC1)c1cc(Br)c(Br)s1. The zero-order chi connectivity index (χ0) is 13.0. The van der Waals surface area contributed by atoms with Crippen molar-refractivity contribution < 1.29 is 0 Å². The molecule has 2 rings (SSSR count). The van der Waals surface area contributed by atoms with Crippen LogP contribution in [0.5, 0.6) is 0 Å². The fourth-order valence-electron chi connectivity index (χ4n) is 2.73. The van der Waals surface area contributed by atoms with Gasteiger partial charge in [0, 0.05) is 15.4 Å². The van der Waals surface area contributed by atoms with Crippen molar-refractivity contribution in [1.82, 2.24) is 5.32 Å². The van der Waals surface area contributed by atoms with E-state index in [0.717, 1.165) is 12.5 Å². The smallest absolute Gasteiger partial charge is 0.0843 e. The molecule has 4 heteroatoms. The van der Waals surface area contributed by atoms with Crippen molar-refractivity contribution in [1.29, 1.82) is 0 Å². The van der Waals surface area contributed by atoms with E-state index in [-0.39, 0.29) is 0 Å². The highest BCUT2D eigenvalue weighted by Crippen LogP contribution is 2.39. The third-order valence-electron chi connectivity index (χ3n) is 3.69. The van der Waals surface area contributed by atoms with Crippen LogP contribution in [0.1, 0.15) is 56.4 Å². The van der Waals surface area contributed by atoms with Crippen LogP contribution in [-0.2, 0) is 0 Å². The van der Waals surface area contributed by atoms with Gasteiger partial charge in [0.2, 0.25) is 0 Å². The van der Waals surface area contributed by atoms with E-state index in [1.165, 1.54) is 51.7 Å². The monoisotopic (exact) mass is 393 g/mol. The highest BCUT2D eigenvalue weighted by molar-refractivity contribution is 9.13. The molecule has 1 saturated carbocycles. The maximum atomic E-state index is 3.72. The molecule has 1 aliphatic carbocycles. The molecule has 1 aliphatic rings. The first-order valence-corrected chi connectivity index (χ1v) is 9.29. The van der Waals surface area contributed by atoms with Crippen LogP contribution in [0.25, 0.3) is 0 Å². The van der Waals surface area contributed by atoms with Crippen molar-refractivity contribution in [2.45, 2.75) is 51.5 Å². The number of nitrogens with one attached hydrogen (secondary N) is 1. The molecule has 0 aromatic carbocycles. The first-order chi connectivity index (χ1) is 8.70. The Bertz CT molecular complexity index is 352. The van der Waals surface area contributed by atoms with Crippen molar-refractivity contribution in [3.63, 3.8) is 0 Å². The third kappa shape index (κ3) is 4.06. The lowest BCUT2D eigenvalue weighted by molar-refractivity contribution is 0.399. The lowest BCUT2D eigenvalue weighted by atomic mass is 9.97. The molecule has 1 N–H and O–H groups in total. The molecular formula is C14H21Br2NS. The lowest BCUT2D eigenvalue weighted by Crippen LogP contribution is -2.23. The average Bonchev–Trinajstić information content (AvgIpc) is 2.96. The van der Waals surface area contributed by atoms with Gasteiger partial charge in [-0.15, -0.1) is 11.3 Å². The van der Waals surface area contributed by atoms with Crippen molar-refractivity contribution >= 4 is 43.2 Å². The molecule has 18 heavy (non-hydrogen) atoms. The first kappa shape index (κ1) is 15.0. The number of thiophene rings is 1. The van der Waals surface area contributed by atoms with Gasteiger partial charge in [-0.25, -0.2) is 0 Å². The Labute approximate surface area is 131 Å². The van der Waals surface area contributed by atoms with Gasteiger partial charge in [0.1, 0.15) is 0 Å². The van der Waals surface area contributed by atoms with E-state index in [0.29, 0.717) is 6.04 Å². The molecule has 0 saturated heterocycles. The zero-order valence-corrected chi connectivity index (χ0v) is 14.8. The molecule has 1 aromatic rings. The fourth-order valence-corrected chi connectivity index (χ4v) is 4.91. The Balaban J connectivity index is 2.03. The van der Waals surface area contributed by atoms with Crippen LogP contribution >= 0.6 is 43.2 Å². The highest BCUT2D eigenvalue weighted by atomic mass is 79.9. The number of rotatable bonds is 6. The van der Waals surface area contributed by atoms with Crippen LogP contribution in [0.2, 0.25) is 0 Å². The van der Waals surface area contributed by atoms with E-state index < -0.39 is 0 Å². The Hall–Kier alpha value is 0.620. The predicted molar refractivity (Wildman–Crippen MR) is 87.3 cm³/mol. The van der Waals surface area contributed by atoms with Gasteiger partial charge >= 0.3 is 0 Å². The van der Waals surface area contributed by atoms with Gasteiger partial charge < -0.3 is 5.32 Å². The van der Waals surface area contributed by atoms with Gasteiger partial charge in [-0.2, -0.15) is 0 Å². The largest absolute Gasteiger partial charge is 0.309 e. The van der Waals surface area contributed by atoms with Crippen LogP contribution in [0, 0.1) is 5.92 Å². The van der Waals surface area contributed by atoms with Gasteiger partial charge in [-0.3, -0.25) is 0 Å². The van der Waals surface area contributed by atoms with Gasteiger partial charge in [0.25, 0.3) is 0 Å². The van der Waals surface area contributed by atoms with Gasteiger partial charge in [-0.05, 0) is 63.2 Å². The lowest BCUT2D eigenvalue weighted by Gasteiger charge is -2.20. The second kappa shape index (κ2) is 7.41. The van der Waals surface area contributed by atoms with E-state index in [2.05, 4.69) is 50.2 Å². The molecule has 0 amide bonds. The zero-order valence-electron chi connectivity index (χ0n) is 10.8. The molecule has 0 radical (unpaired) electrons. The summed E-state index contributed by atoms with van der Waals surface area (Å²) in [6.45, 7) is 3.35. The molecule has 1 unspecified atom stereocenters. The molecule has 102 valence electrons. The van der Waals surface area contributed by atoms with Crippen LogP contribution < -0.4 is 5.32 Å². The van der Waals surface area contributed by atoms with Gasteiger partial charge in [0.15, 0.2) is 0 Å². The van der Waals surface area contributed by atoms with Crippen molar-refractivity contribution in [3.8, 4) is 0 Å². The van der Waals surface area contributed by atoms with E-state index >= 15 is 0 Å². The first-order valence-electron chi connectivity index (χ1n) is 6.88. The second-order valence-electron chi connectivity index (χ2n) is 5.16. The van der Waals surface area contributed by atoms with Crippen LogP contribution in [0.3, 0.4) is 0 Å². The summed E-state index contributed by atoms with van der Waals surface area (Å²) in [5.74, 6) is 0.930. The molecule has 1 heterocycles. The van der Waals surface area contributed by atoms with E-state index in [4.69, 9.17) is 0 Å². The molecule has 1 aromatic heterocycles. The van der Waals surface area contributed by atoms with Crippen LogP contribution in [0.15, 0.2) is 14.3 Å². The molecule has 0 aliphatic heterocycles. The highest BCUT2D eigenvalue weighted by Gasteiger charge is 2.22. The summed E-state index contributed by atoms with van der Waals surface area (Å²) in [6, 6.07) is 2.82. The van der Waals surface area contributed by atoms with Crippen LogP contribution in [0.4, 0.5) is 0 Å². The number of hydrogen-bond donors (Lipinski definition) is 1. The number of halogens is 2. The Kier molecular flexibility index (Phi) is 6.19. The summed E-state index contributed by atoms with van der Waals surface area (Å²) in [6.07, 6.45) is 8.23. The molecule has 1 atom stereocenters. The maximum Gasteiger partial charge on any atom is 0.0843 e. The summed E-state index contributed by atoms with van der Waals surface area (Å²) in [5.41, 5.74) is 0. The fraction of sp³-hybridized carbons (Fsp3) is 0.714. The molecule has 1 fully saturated rings. The van der Waals surface area contributed by atoms with E-state index in [9.17, 15) is 0 Å². The predicted octanol–water partition coefficient (Wildman–Crippen LogP) is 5.89. The summed E-state index contributed by atoms with van der Waals surface area (Å²) in [7, 11) is 0. The third-order valence-corrected chi connectivity index (χ3v) is 7.06. The molecule has 1 nitrogen and oxygen atoms in total. The van der Waals surface area contributed by atoms with Crippen LogP contribution in [-0.4, -0.2) is 6.54 Å². The Morgan fingerprint density at radius 3 is 2.67 bits per heavy atom. The Morgan fingerprint density at radius 1 is 1.39 bits per heavy atom. The van der Waals surface area contributed by atoms with Crippen molar-refractivity contribution in [2.75, 3.05) is 6.54 Å².